The molecule has 1 aromatic rings. The molecule has 1 aliphatic rings. The van der Waals surface area contributed by atoms with Crippen LogP contribution in [0.4, 0.5) is 0 Å². The zero-order valence-electron chi connectivity index (χ0n) is 4.81. The second-order valence-electron chi connectivity index (χ2n) is 1.68. The molecule has 0 radical (unpaired) electrons. The summed E-state index contributed by atoms with van der Waals surface area (Å²) in [7, 11) is 0. The van der Waals surface area contributed by atoms with E-state index in [2.05, 4.69) is 9.17 Å². The van der Waals surface area contributed by atoms with Gasteiger partial charge >= 0.3 is 11.4 Å². The Balaban J connectivity index is 2.51. The van der Waals surface area contributed by atoms with E-state index in [-0.39, 0.29) is 0 Å². The lowest BCUT2D eigenvalue weighted by Crippen LogP contribution is -1.97. The average Bonchev–Trinajstić information content (AvgIpc) is 2.27. The SMILES string of the molecule is O=S1Oc2cccnc2O1. The Labute approximate surface area is 59.7 Å². The van der Waals surface area contributed by atoms with Crippen LogP contribution in [0.3, 0.4) is 0 Å². The molecule has 1 unspecified atom stereocenters. The highest BCUT2D eigenvalue weighted by Crippen LogP contribution is 2.30. The number of fused-ring (bicyclic) bond motifs is 1. The highest BCUT2D eigenvalue weighted by Gasteiger charge is 2.21. The molecule has 10 heavy (non-hydrogen) atoms. The summed E-state index contributed by atoms with van der Waals surface area (Å²) in [5.41, 5.74) is 0. The second-order valence-corrected chi connectivity index (χ2v) is 2.42. The summed E-state index contributed by atoms with van der Waals surface area (Å²) in [5.74, 6) is 0.724. The van der Waals surface area contributed by atoms with Crippen molar-refractivity contribution in [2.24, 2.45) is 0 Å². The van der Waals surface area contributed by atoms with Crippen LogP contribution in [0.2, 0.25) is 0 Å². The van der Waals surface area contributed by atoms with Gasteiger partial charge in [-0.2, -0.15) is 4.21 Å². The predicted molar refractivity (Wildman–Crippen MR) is 33.6 cm³/mol. The van der Waals surface area contributed by atoms with Gasteiger partial charge in [-0.3, -0.25) is 0 Å². The predicted octanol–water partition coefficient (Wildman–Crippen LogP) is 0.431. The molecular formula is C5H3NO3S. The van der Waals surface area contributed by atoms with Crippen molar-refractivity contribution in [2.45, 2.75) is 0 Å². The van der Waals surface area contributed by atoms with Crippen LogP contribution in [0.25, 0.3) is 0 Å². The zero-order chi connectivity index (χ0) is 6.97. The quantitative estimate of drug-likeness (QED) is 0.548. The maximum absolute atomic E-state index is 10.5. The fraction of sp³-hybridized carbons (Fsp3) is 0. The first-order valence-corrected chi connectivity index (χ1v) is 3.60. The Morgan fingerprint density at radius 3 is 3.20 bits per heavy atom. The van der Waals surface area contributed by atoms with E-state index in [0.29, 0.717) is 11.6 Å². The number of hydrogen-bond acceptors (Lipinski definition) is 4. The summed E-state index contributed by atoms with van der Waals surface area (Å²) in [6, 6.07) is 3.33. The van der Waals surface area contributed by atoms with E-state index < -0.39 is 11.4 Å². The fourth-order valence-electron chi connectivity index (χ4n) is 0.657. The molecule has 0 spiro atoms. The molecule has 1 aromatic heterocycles. The largest absolute Gasteiger partial charge is 0.419 e. The molecule has 0 amide bonds. The number of aromatic nitrogens is 1. The molecule has 0 aromatic carbocycles. The van der Waals surface area contributed by atoms with Crippen molar-refractivity contribution in [3.05, 3.63) is 18.3 Å². The first-order chi connectivity index (χ1) is 4.86. The van der Waals surface area contributed by atoms with Gasteiger partial charge in [0.05, 0.1) is 0 Å². The molecule has 1 atom stereocenters. The monoisotopic (exact) mass is 157 g/mol. The van der Waals surface area contributed by atoms with E-state index in [4.69, 9.17) is 4.18 Å². The summed E-state index contributed by atoms with van der Waals surface area (Å²) < 4.78 is 19.9. The standard InChI is InChI=1S/C5H3NO3S/c7-10-8-4-2-1-3-6-5(4)9-10/h1-3H. The maximum atomic E-state index is 10.5. The third-order valence-electron chi connectivity index (χ3n) is 1.04. The van der Waals surface area contributed by atoms with Crippen LogP contribution in [0.5, 0.6) is 11.6 Å². The smallest absolute Gasteiger partial charge is 0.365 e. The van der Waals surface area contributed by atoms with Crippen LogP contribution in [0.15, 0.2) is 18.3 Å². The Morgan fingerprint density at radius 2 is 2.40 bits per heavy atom. The van der Waals surface area contributed by atoms with Crippen LogP contribution in [-0.2, 0) is 11.4 Å². The molecule has 0 bridgehead atoms. The first-order valence-electron chi connectivity index (χ1n) is 2.60. The van der Waals surface area contributed by atoms with Gasteiger partial charge in [-0.1, -0.05) is 0 Å². The highest BCUT2D eigenvalue weighted by molar-refractivity contribution is 7.76. The zero-order valence-corrected chi connectivity index (χ0v) is 5.63. The lowest BCUT2D eigenvalue weighted by molar-refractivity contribution is 0.516. The summed E-state index contributed by atoms with van der Waals surface area (Å²) in [6.45, 7) is 0. The Bertz CT molecular complexity index is 261. The summed E-state index contributed by atoms with van der Waals surface area (Å²) >= 11 is -1.68. The normalized spacial score (nSPS) is 21.0. The van der Waals surface area contributed by atoms with Gasteiger partial charge in [0.15, 0.2) is 0 Å². The van der Waals surface area contributed by atoms with Gasteiger partial charge in [-0.05, 0) is 12.1 Å². The summed E-state index contributed by atoms with van der Waals surface area (Å²) in [6.07, 6.45) is 1.55. The van der Waals surface area contributed by atoms with Crippen LogP contribution in [0.1, 0.15) is 0 Å². The first kappa shape index (κ1) is 5.67. The van der Waals surface area contributed by atoms with Gasteiger partial charge in [0, 0.05) is 6.20 Å². The number of rotatable bonds is 0. The average molecular weight is 157 g/mol. The molecule has 1 aliphatic heterocycles. The number of nitrogens with zero attached hydrogens (tertiary/aromatic N) is 1. The Hall–Kier alpha value is -1.10. The Morgan fingerprint density at radius 1 is 1.50 bits per heavy atom. The lowest BCUT2D eigenvalue weighted by Gasteiger charge is -1.85. The molecular weight excluding hydrogens is 154 g/mol. The van der Waals surface area contributed by atoms with Gasteiger partial charge in [0.1, 0.15) is 0 Å². The molecule has 0 fully saturated rings. The maximum Gasteiger partial charge on any atom is 0.419 e. The van der Waals surface area contributed by atoms with Crippen LogP contribution < -0.4 is 8.37 Å². The molecule has 0 saturated heterocycles. The van der Waals surface area contributed by atoms with E-state index in [9.17, 15) is 4.21 Å². The highest BCUT2D eigenvalue weighted by atomic mass is 32.2. The van der Waals surface area contributed by atoms with Crippen molar-refractivity contribution < 1.29 is 12.6 Å². The molecule has 2 heterocycles. The minimum atomic E-state index is -1.68. The number of pyridine rings is 1. The van der Waals surface area contributed by atoms with Gasteiger partial charge in [0.25, 0.3) is 5.88 Å². The van der Waals surface area contributed by atoms with Crippen molar-refractivity contribution >= 4 is 11.4 Å². The molecule has 4 nitrogen and oxygen atoms in total. The van der Waals surface area contributed by atoms with Crippen molar-refractivity contribution in [3.8, 4) is 11.6 Å². The number of hydrogen-bond donors (Lipinski definition) is 0. The van der Waals surface area contributed by atoms with Crippen LogP contribution in [0, 0.1) is 0 Å². The molecule has 2 rings (SSSR count). The van der Waals surface area contributed by atoms with E-state index in [1.54, 1.807) is 18.3 Å². The van der Waals surface area contributed by atoms with Gasteiger partial charge in [-0.25, -0.2) is 4.98 Å². The lowest BCUT2D eigenvalue weighted by atomic mass is 10.4. The summed E-state index contributed by atoms with van der Waals surface area (Å²) in [4.78, 5) is 3.77. The third kappa shape index (κ3) is 0.750. The Kier molecular flexibility index (Phi) is 1.10. The second kappa shape index (κ2) is 1.95. The van der Waals surface area contributed by atoms with E-state index in [0.717, 1.165) is 0 Å². The van der Waals surface area contributed by atoms with E-state index >= 15 is 0 Å². The minimum absolute atomic E-state index is 0.292. The molecule has 0 N–H and O–H groups in total. The van der Waals surface area contributed by atoms with Crippen molar-refractivity contribution in [1.29, 1.82) is 0 Å². The molecule has 0 saturated carbocycles. The molecule has 0 aliphatic carbocycles. The van der Waals surface area contributed by atoms with E-state index in [1.165, 1.54) is 0 Å². The fourth-order valence-corrected chi connectivity index (χ4v) is 1.22. The third-order valence-corrected chi connectivity index (χ3v) is 1.65. The van der Waals surface area contributed by atoms with Gasteiger partial charge in [-0.15, -0.1) is 0 Å². The van der Waals surface area contributed by atoms with E-state index in [1.807, 2.05) is 0 Å². The van der Waals surface area contributed by atoms with Crippen molar-refractivity contribution in [3.63, 3.8) is 0 Å². The van der Waals surface area contributed by atoms with Crippen molar-refractivity contribution in [2.75, 3.05) is 0 Å². The summed E-state index contributed by atoms with van der Waals surface area (Å²) in [5, 5.41) is 0. The molecule has 5 heteroatoms. The van der Waals surface area contributed by atoms with Crippen LogP contribution >= 0.6 is 0 Å². The van der Waals surface area contributed by atoms with Gasteiger partial charge in [0.2, 0.25) is 5.75 Å². The topological polar surface area (TPSA) is 48.4 Å². The van der Waals surface area contributed by atoms with Gasteiger partial charge < -0.3 is 8.37 Å². The molecule has 52 valence electrons. The van der Waals surface area contributed by atoms with Crippen LogP contribution in [-0.4, -0.2) is 9.19 Å². The minimum Gasteiger partial charge on any atom is -0.365 e. The van der Waals surface area contributed by atoms with Crippen molar-refractivity contribution in [1.82, 2.24) is 4.98 Å².